The van der Waals surface area contributed by atoms with Gasteiger partial charge >= 0.3 is 12.0 Å². The molecule has 0 spiro atoms. The Morgan fingerprint density at radius 3 is 2.47 bits per heavy atom. The Morgan fingerprint density at radius 1 is 1.11 bits per heavy atom. The SMILES string of the molecule is CCOC(=O)C1CCCN(C(=O)c2ccc(NC(=O)NC34CC5CC(C)(CC(C)(C5)C3)C4)c(F)c2)C1. The third kappa shape index (κ3) is 4.83. The standard InChI is InChI=1S/C28H38FN3O4/c1-4-36-24(34)20-6-5-9-32(14-20)23(33)19-7-8-22(21(29)10-19)30-25(35)31-28-13-18-11-26(2,16-28)15-27(3,12-18)17-28/h7-8,10,18,20H,4-6,9,11-17H2,1-3H3,(H2,30,31,35). The number of hydrogen-bond acceptors (Lipinski definition) is 4. The molecule has 0 radical (unpaired) electrons. The number of esters is 1. The molecule has 4 bridgehead atoms. The van der Waals surface area contributed by atoms with Crippen molar-refractivity contribution in [3.63, 3.8) is 0 Å². The van der Waals surface area contributed by atoms with Crippen LogP contribution < -0.4 is 10.6 Å². The van der Waals surface area contributed by atoms with Crippen LogP contribution in [0.15, 0.2) is 18.2 Å². The quantitative estimate of drug-likeness (QED) is 0.551. The summed E-state index contributed by atoms with van der Waals surface area (Å²) in [5.74, 6) is -0.995. The minimum atomic E-state index is -0.653. The zero-order chi connectivity index (χ0) is 25.7. The number of rotatable bonds is 5. The first-order chi connectivity index (χ1) is 17.0. The second-order valence-electron chi connectivity index (χ2n) is 12.5. The Kier molecular flexibility index (Phi) is 6.28. The highest BCUT2D eigenvalue weighted by Gasteiger charge is 2.60. The number of benzene rings is 1. The molecule has 3 atom stereocenters. The van der Waals surface area contributed by atoms with Crippen molar-refractivity contribution in [1.29, 1.82) is 0 Å². The number of hydrogen-bond donors (Lipinski definition) is 2. The van der Waals surface area contributed by atoms with E-state index in [1.807, 2.05) is 0 Å². The number of halogens is 1. The summed E-state index contributed by atoms with van der Waals surface area (Å²) in [4.78, 5) is 39.6. The van der Waals surface area contributed by atoms with E-state index in [9.17, 15) is 18.8 Å². The molecule has 4 aliphatic carbocycles. The van der Waals surface area contributed by atoms with Crippen LogP contribution in [0.1, 0.15) is 82.5 Å². The van der Waals surface area contributed by atoms with Crippen LogP contribution in [0.25, 0.3) is 0 Å². The summed E-state index contributed by atoms with van der Waals surface area (Å²) in [7, 11) is 0. The third-order valence-corrected chi connectivity index (χ3v) is 8.80. The number of ether oxygens (including phenoxy) is 1. The molecule has 6 rings (SSSR count). The molecule has 5 aliphatic rings. The van der Waals surface area contributed by atoms with Crippen molar-refractivity contribution in [2.45, 2.75) is 77.7 Å². The number of nitrogens with one attached hydrogen (secondary N) is 2. The number of piperidine rings is 1. The first kappa shape index (κ1) is 25.0. The Bertz CT molecular complexity index is 1060. The zero-order valence-corrected chi connectivity index (χ0v) is 21.6. The molecule has 1 aromatic carbocycles. The van der Waals surface area contributed by atoms with Crippen LogP contribution in [-0.4, -0.2) is 48.0 Å². The van der Waals surface area contributed by atoms with Crippen molar-refractivity contribution in [3.8, 4) is 0 Å². The van der Waals surface area contributed by atoms with Gasteiger partial charge in [0, 0.05) is 24.2 Å². The second-order valence-corrected chi connectivity index (χ2v) is 12.5. The lowest BCUT2D eigenvalue weighted by Crippen LogP contribution is -2.65. The molecule has 7 nitrogen and oxygen atoms in total. The second kappa shape index (κ2) is 9.03. The number of carbonyl (C=O) groups excluding carboxylic acids is 3. The van der Waals surface area contributed by atoms with Gasteiger partial charge < -0.3 is 20.3 Å². The van der Waals surface area contributed by atoms with E-state index in [2.05, 4.69) is 24.5 Å². The van der Waals surface area contributed by atoms with Crippen molar-refractivity contribution in [3.05, 3.63) is 29.6 Å². The molecule has 1 aliphatic heterocycles. The first-order valence-electron chi connectivity index (χ1n) is 13.4. The van der Waals surface area contributed by atoms with Gasteiger partial charge in [0.25, 0.3) is 5.91 Å². The van der Waals surface area contributed by atoms with E-state index < -0.39 is 11.8 Å². The molecule has 36 heavy (non-hydrogen) atoms. The van der Waals surface area contributed by atoms with Crippen LogP contribution in [0.5, 0.6) is 0 Å². The molecular formula is C28H38FN3O4. The number of amides is 3. The average molecular weight is 500 g/mol. The van der Waals surface area contributed by atoms with Crippen molar-refractivity contribution < 1.29 is 23.5 Å². The van der Waals surface area contributed by atoms with Gasteiger partial charge in [0.2, 0.25) is 0 Å². The molecule has 0 aromatic heterocycles. The smallest absolute Gasteiger partial charge is 0.319 e. The lowest BCUT2D eigenvalue weighted by molar-refractivity contribution is -0.149. The van der Waals surface area contributed by atoms with E-state index in [4.69, 9.17) is 4.74 Å². The van der Waals surface area contributed by atoms with Crippen molar-refractivity contribution in [1.82, 2.24) is 10.2 Å². The fourth-order valence-electron chi connectivity index (χ4n) is 8.53. The lowest BCUT2D eigenvalue weighted by Gasteiger charge is -2.65. The minimum Gasteiger partial charge on any atom is -0.466 e. The molecule has 8 heteroatoms. The van der Waals surface area contributed by atoms with Gasteiger partial charge in [0.15, 0.2) is 0 Å². The molecular weight excluding hydrogens is 461 g/mol. The molecule has 3 unspecified atom stereocenters. The normalized spacial score (nSPS) is 34.8. The largest absolute Gasteiger partial charge is 0.466 e. The van der Waals surface area contributed by atoms with E-state index in [0.29, 0.717) is 31.9 Å². The van der Waals surface area contributed by atoms with Gasteiger partial charge in [-0.3, -0.25) is 9.59 Å². The van der Waals surface area contributed by atoms with Gasteiger partial charge in [-0.15, -0.1) is 0 Å². The minimum absolute atomic E-state index is 0.0502. The van der Waals surface area contributed by atoms with Crippen molar-refractivity contribution in [2.24, 2.45) is 22.7 Å². The van der Waals surface area contributed by atoms with Crippen LogP contribution in [0.2, 0.25) is 0 Å². The number of urea groups is 1. The number of nitrogens with zero attached hydrogens (tertiary/aromatic N) is 1. The van der Waals surface area contributed by atoms with Gasteiger partial charge in [-0.25, -0.2) is 9.18 Å². The van der Waals surface area contributed by atoms with E-state index in [-0.39, 0.29) is 52.0 Å². The van der Waals surface area contributed by atoms with Gasteiger partial charge in [-0.05, 0) is 93.2 Å². The van der Waals surface area contributed by atoms with Gasteiger partial charge in [0.1, 0.15) is 5.82 Å². The van der Waals surface area contributed by atoms with Crippen molar-refractivity contribution in [2.75, 3.05) is 25.0 Å². The summed E-state index contributed by atoms with van der Waals surface area (Å²) in [5.41, 5.74) is 0.535. The van der Waals surface area contributed by atoms with E-state index in [0.717, 1.165) is 19.3 Å². The Morgan fingerprint density at radius 2 is 1.83 bits per heavy atom. The van der Waals surface area contributed by atoms with Crippen LogP contribution in [-0.2, 0) is 9.53 Å². The molecule has 5 fully saturated rings. The fourth-order valence-corrected chi connectivity index (χ4v) is 8.53. The molecule has 1 saturated heterocycles. The molecule has 1 heterocycles. The van der Waals surface area contributed by atoms with Gasteiger partial charge in [0.05, 0.1) is 18.2 Å². The van der Waals surface area contributed by atoms with Crippen LogP contribution >= 0.6 is 0 Å². The maximum atomic E-state index is 15.0. The number of anilines is 1. The van der Waals surface area contributed by atoms with Crippen LogP contribution in [0.4, 0.5) is 14.9 Å². The topological polar surface area (TPSA) is 87.7 Å². The zero-order valence-electron chi connectivity index (χ0n) is 21.6. The maximum absolute atomic E-state index is 15.0. The highest BCUT2D eigenvalue weighted by Crippen LogP contribution is 2.66. The lowest BCUT2D eigenvalue weighted by atomic mass is 9.43. The molecule has 4 saturated carbocycles. The van der Waals surface area contributed by atoms with Gasteiger partial charge in [-0.2, -0.15) is 0 Å². The van der Waals surface area contributed by atoms with E-state index in [1.54, 1.807) is 11.8 Å². The third-order valence-electron chi connectivity index (χ3n) is 8.80. The Labute approximate surface area is 212 Å². The van der Waals surface area contributed by atoms with Crippen LogP contribution in [0.3, 0.4) is 0 Å². The predicted molar refractivity (Wildman–Crippen MR) is 134 cm³/mol. The number of carbonyl (C=O) groups is 3. The monoisotopic (exact) mass is 499 g/mol. The molecule has 196 valence electrons. The van der Waals surface area contributed by atoms with E-state index in [1.165, 1.54) is 37.5 Å². The molecule has 3 amide bonds. The fraction of sp³-hybridized carbons (Fsp3) is 0.679. The summed E-state index contributed by atoms with van der Waals surface area (Å²) in [6, 6.07) is 3.74. The van der Waals surface area contributed by atoms with Crippen molar-refractivity contribution >= 4 is 23.6 Å². The summed E-state index contributed by atoms with van der Waals surface area (Å²) in [5, 5.41) is 5.91. The predicted octanol–water partition coefficient (Wildman–Crippen LogP) is 5.11. The average Bonchev–Trinajstić information content (AvgIpc) is 2.77. The highest BCUT2D eigenvalue weighted by molar-refractivity contribution is 5.96. The summed E-state index contributed by atoms with van der Waals surface area (Å²) in [6.07, 6.45) is 7.97. The molecule has 1 aromatic rings. The Balaban J connectivity index is 1.22. The summed E-state index contributed by atoms with van der Waals surface area (Å²) >= 11 is 0. The van der Waals surface area contributed by atoms with Crippen LogP contribution in [0, 0.1) is 28.5 Å². The van der Waals surface area contributed by atoms with E-state index >= 15 is 0 Å². The molecule has 2 N–H and O–H groups in total. The first-order valence-corrected chi connectivity index (χ1v) is 13.4. The number of likely N-dealkylation sites (tertiary alicyclic amines) is 1. The summed E-state index contributed by atoms with van der Waals surface area (Å²) in [6.45, 7) is 7.53. The Hall–Kier alpha value is -2.64. The summed E-state index contributed by atoms with van der Waals surface area (Å²) < 4.78 is 20.1. The van der Waals surface area contributed by atoms with Gasteiger partial charge in [-0.1, -0.05) is 13.8 Å². The maximum Gasteiger partial charge on any atom is 0.319 e. The highest BCUT2D eigenvalue weighted by atomic mass is 19.1.